The van der Waals surface area contributed by atoms with Gasteiger partial charge in [0.15, 0.2) is 16.9 Å². The summed E-state index contributed by atoms with van der Waals surface area (Å²) in [6.07, 6.45) is 7.16. The van der Waals surface area contributed by atoms with Crippen LogP contribution in [0.5, 0.6) is 0 Å². The van der Waals surface area contributed by atoms with Gasteiger partial charge in [0.05, 0.1) is 87.5 Å². The van der Waals surface area contributed by atoms with Crippen LogP contribution in [0.3, 0.4) is 0 Å². The number of hydrogen-bond acceptors (Lipinski definition) is 22. The summed E-state index contributed by atoms with van der Waals surface area (Å²) >= 11 is 31.8. The molecule has 0 bridgehead atoms. The van der Waals surface area contributed by atoms with Crippen molar-refractivity contribution < 1.29 is 9.59 Å². The van der Waals surface area contributed by atoms with E-state index in [2.05, 4.69) is 108 Å². The molecule has 37 heteroatoms. The number of para-hydroxylation sites is 4. The molecule has 0 spiro atoms. The number of nitrogens with zero attached hydrogens (tertiary/aromatic N) is 16. The monoisotopic (exact) mass is 1820 g/mol. The first-order valence-electron chi connectivity index (χ1n) is 40.2. The number of carbonyl (C=O) groups excluding carboxylic acids is 2. The number of halogens is 5. The number of anilines is 4. The van der Waals surface area contributed by atoms with Gasteiger partial charge in [-0.25, -0.2) is 39.9 Å². The molecule has 12 aromatic heterocycles. The smallest absolute Gasteiger partial charge is 0.267 e. The Bertz CT molecular complexity index is 8110. The van der Waals surface area contributed by atoms with E-state index in [4.69, 9.17) is 63.7 Å². The fourth-order valence-electron chi connectivity index (χ4n) is 15.6. The second-order valence-electron chi connectivity index (χ2n) is 29.7. The van der Waals surface area contributed by atoms with Crippen LogP contribution >= 0.6 is 58.0 Å². The van der Waals surface area contributed by atoms with Crippen molar-refractivity contribution in [3.63, 3.8) is 0 Å². The molecule has 644 valence electrons. The van der Waals surface area contributed by atoms with E-state index in [1.54, 1.807) is 61.8 Å². The second kappa shape index (κ2) is 36.9. The molecule has 0 aliphatic heterocycles. The molecule has 0 fully saturated rings. The number of nitrogens with one attached hydrogen (secondary N) is 9. The lowest BCUT2D eigenvalue weighted by molar-refractivity contribution is 0.0962. The maximum Gasteiger partial charge on any atom is 0.267 e. The SMILES string of the molecule is CNC(=O)c1c[nH]c2ncnc(N[C@@H](C)c3cc4cccc(Cl)c4c(=O)n3-c3ccccc3)c12.C[C@H](Nc1ncnc2n[nH]c(C#N)c12)c1cc2cccc(Cl)c2c(=O)n1-c1ccccc1.C[C@H](Nc1ncnc2n[nH]c(C(N)=O)c12)c1cc2cccc(Cl)c2c(=O)n1-c1ccccc1.C[C@H](Nc1ncnc2n[nH]c(Cl)c12)c1cc2cccc(Cl)c2c(=O)n1-c1ccccc1. The molecule has 0 unspecified atom stereocenters. The molecule has 20 rings (SSSR count). The van der Waals surface area contributed by atoms with E-state index in [0.29, 0.717) is 137 Å². The van der Waals surface area contributed by atoms with E-state index in [-0.39, 0.29) is 57.7 Å². The number of aromatic nitrogens is 19. The number of carbonyl (C=O) groups is 2. The molecule has 8 aromatic carbocycles. The fourth-order valence-corrected chi connectivity index (χ4v) is 16.9. The summed E-state index contributed by atoms with van der Waals surface area (Å²) in [6, 6.07) is 67.5. The van der Waals surface area contributed by atoms with Crippen molar-refractivity contribution in [2.75, 3.05) is 28.3 Å². The summed E-state index contributed by atoms with van der Waals surface area (Å²) in [4.78, 5) is 115. The predicted octanol–water partition coefficient (Wildman–Crippen LogP) is 17.5. The Balaban J connectivity index is 0.000000122. The van der Waals surface area contributed by atoms with Crippen LogP contribution in [-0.4, -0.2) is 113 Å². The Morgan fingerprint density at radius 1 is 0.385 bits per heavy atom. The molecule has 32 nitrogen and oxygen atoms in total. The Kier molecular flexibility index (Phi) is 24.4. The quantitative estimate of drug-likeness (QED) is 0.0381. The van der Waals surface area contributed by atoms with Gasteiger partial charge in [-0.15, -0.1) is 0 Å². The summed E-state index contributed by atoms with van der Waals surface area (Å²) in [6.45, 7) is 7.70. The van der Waals surface area contributed by atoms with Gasteiger partial charge in [-0.2, -0.15) is 20.6 Å². The summed E-state index contributed by atoms with van der Waals surface area (Å²) in [7, 11) is 1.57. The van der Waals surface area contributed by atoms with E-state index in [1.807, 2.05) is 216 Å². The van der Waals surface area contributed by atoms with Gasteiger partial charge in [0, 0.05) is 58.8 Å². The number of aromatic amines is 4. The third-order valence-electron chi connectivity index (χ3n) is 21.7. The summed E-state index contributed by atoms with van der Waals surface area (Å²) in [5.41, 5.74) is 12.9. The maximum absolute atomic E-state index is 13.6. The van der Waals surface area contributed by atoms with Crippen LogP contribution in [0.1, 0.15) is 101 Å². The molecule has 20 aromatic rings. The minimum Gasteiger partial charge on any atom is -0.364 e. The van der Waals surface area contributed by atoms with E-state index < -0.39 is 11.9 Å². The molecule has 2 amide bonds. The molecule has 12 heterocycles. The zero-order chi connectivity index (χ0) is 90.7. The van der Waals surface area contributed by atoms with Gasteiger partial charge in [-0.05, 0) is 146 Å². The molecular weight excluding hydrogens is 1750 g/mol. The van der Waals surface area contributed by atoms with E-state index in [1.165, 1.54) is 25.3 Å². The number of pyridine rings is 4. The Hall–Kier alpha value is -16.1. The van der Waals surface area contributed by atoms with Crippen molar-refractivity contribution in [3.05, 3.63) is 356 Å². The van der Waals surface area contributed by atoms with E-state index in [0.717, 1.165) is 50.0 Å². The van der Waals surface area contributed by atoms with Crippen LogP contribution in [-0.2, 0) is 0 Å². The first kappa shape index (κ1) is 86.1. The van der Waals surface area contributed by atoms with Crippen molar-refractivity contribution in [2.24, 2.45) is 5.73 Å². The highest BCUT2D eigenvalue weighted by Gasteiger charge is 2.28. The van der Waals surface area contributed by atoms with Crippen molar-refractivity contribution >= 4 is 180 Å². The molecule has 0 aliphatic carbocycles. The van der Waals surface area contributed by atoms with Crippen LogP contribution in [0.25, 0.3) is 110 Å². The second-order valence-corrected chi connectivity index (χ2v) is 31.7. The molecule has 130 heavy (non-hydrogen) atoms. The lowest BCUT2D eigenvalue weighted by atomic mass is 10.1. The van der Waals surface area contributed by atoms with Gasteiger partial charge < -0.3 is 37.3 Å². The Labute approximate surface area is 760 Å². The molecule has 4 atom stereocenters. The molecule has 0 saturated carbocycles. The number of hydrogen-bond donors (Lipinski definition) is 10. The van der Waals surface area contributed by atoms with Crippen molar-refractivity contribution in [2.45, 2.75) is 51.9 Å². The standard InChI is InChI=1S/C25H21ClN6O2.C23H18ClN7O2.C23H16ClN7O.C22H16Cl2N6O/c1-14(31-23-21-17(24(33)27-2)12-28-22(21)29-13-30-23)19-11-15-7-6-10-18(26)20(15)25(34)32(19)16-8-4-3-5-9-16;1-12(28-21-18-19(20(25)32)29-30-22(18)27-11-26-21)16-10-13-6-5-9-15(24)17(13)23(33)31(16)14-7-3-2-4-8-14;1-13(28-21-20-17(11-25)29-30-22(20)27-12-26-21)18-10-14-6-5-9-16(24)19(14)23(32)31(18)15-7-3-2-4-8-15;1-12(27-20-18-19(24)28-29-21(18)26-11-25-20)16-10-13-6-5-9-15(23)17(13)22(31)30(16)14-7-3-2-4-8-14/h3-14H,1-2H3,(H,27,33)(H2,28,29,30,31);2-12H,1H3,(H2,25,32)(H2,26,27,28,29,30);2-10,12-13H,1H3,(H2,26,27,28,29,30);2-12H,1H3,(H2,25,26,27,28,29)/t14-;12-;13-;12-/m0000/s1. The van der Waals surface area contributed by atoms with E-state index >= 15 is 0 Å². The third-order valence-corrected chi connectivity index (χ3v) is 23.2. The van der Waals surface area contributed by atoms with Gasteiger partial charge in [0.1, 0.15) is 82.2 Å². The molecule has 11 N–H and O–H groups in total. The predicted molar refractivity (Wildman–Crippen MR) is 507 cm³/mol. The topological polar surface area (TPSA) is 437 Å². The van der Waals surface area contributed by atoms with Crippen LogP contribution in [0.15, 0.2) is 269 Å². The minimum absolute atomic E-state index is 0.103. The molecular formula is C93H71Cl5N26O6. The highest BCUT2D eigenvalue weighted by molar-refractivity contribution is 6.37. The van der Waals surface area contributed by atoms with Crippen molar-refractivity contribution in [1.29, 1.82) is 5.26 Å². The Morgan fingerprint density at radius 2 is 0.700 bits per heavy atom. The zero-order valence-electron chi connectivity index (χ0n) is 69.1. The van der Waals surface area contributed by atoms with Gasteiger partial charge >= 0.3 is 0 Å². The molecule has 0 radical (unpaired) electrons. The highest BCUT2D eigenvalue weighted by atomic mass is 35.5. The minimum atomic E-state index is -0.676. The Morgan fingerprint density at radius 3 is 1.05 bits per heavy atom. The number of fused-ring (bicyclic) bond motifs is 8. The summed E-state index contributed by atoms with van der Waals surface area (Å²) < 4.78 is 6.59. The highest BCUT2D eigenvalue weighted by Crippen LogP contribution is 2.37. The van der Waals surface area contributed by atoms with E-state index in [9.17, 15) is 34.0 Å². The average molecular weight is 1830 g/mol. The zero-order valence-corrected chi connectivity index (χ0v) is 72.8. The van der Waals surface area contributed by atoms with Gasteiger partial charge in [-0.1, -0.05) is 179 Å². The lowest BCUT2D eigenvalue weighted by Crippen LogP contribution is -2.26. The van der Waals surface area contributed by atoms with Gasteiger partial charge in [0.25, 0.3) is 34.1 Å². The van der Waals surface area contributed by atoms with Gasteiger partial charge in [0.2, 0.25) is 0 Å². The summed E-state index contributed by atoms with van der Waals surface area (Å²) in [5, 5.41) is 54.3. The molecule has 0 aliphatic rings. The van der Waals surface area contributed by atoms with Crippen LogP contribution < -0.4 is 54.6 Å². The number of primary amides is 1. The molecule has 0 saturated heterocycles. The van der Waals surface area contributed by atoms with Gasteiger partial charge in [-0.3, -0.25) is 62.3 Å². The lowest BCUT2D eigenvalue weighted by Gasteiger charge is -2.22. The van der Waals surface area contributed by atoms with Crippen molar-refractivity contribution in [1.82, 2.24) is 99.0 Å². The fraction of sp³-hybridized carbons (Fsp3) is 0.0968. The average Bonchev–Trinajstić information content (AvgIpc) is 1.33. The third kappa shape index (κ3) is 16.6. The number of benzene rings is 8. The summed E-state index contributed by atoms with van der Waals surface area (Å²) in [5.74, 6) is 0.896. The normalized spacial score (nSPS) is 12.2. The maximum atomic E-state index is 13.6. The van der Waals surface area contributed by atoms with Crippen LogP contribution in [0.2, 0.25) is 25.2 Å². The number of rotatable bonds is 18. The first-order valence-corrected chi connectivity index (χ1v) is 42.1. The van der Waals surface area contributed by atoms with Crippen molar-refractivity contribution in [3.8, 4) is 28.8 Å². The van der Waals surface area contributed by atoms with Crippen LogP contribution in [0.4, 0.5) is 23.3 Å². The number of nitrogens with two attached hydrogens (primary N) is 1. The largest absolute Gasteiger partial charge is 0.364 e. The number of H-pyrrole nitrogens is 4. The first-order chi connectivity index (χ1) is 63.1. The van der Waals surface area contributed by atoms with Crippen LogP contribution in [0, 0.1) is 11.3 Å². The number of amides is 2. The number of nitriles is 1.